The van der Waals surface area contributed by atoms with Crippen LogP contribution in [-0.2, 0) is 22.9 Å². The largest absolute Gasteiger partial charge is 0.388 e. The summed E-state index contributed by atoms with van der Waals surface area (Å²) < 4.78 is 44.7. The van der Waals surface area contributed by atoms with E-state index in [4.69, 9.17) is 21.6 Å². The lowest BCUT2D eigenvalue weighted by atomic mass is 9.90. The van der Waals surface area contributed by atoms with Crippen LogP contribution in [0.25, 0.3) is 0 Å². The van der Waals surface area contributed by atoms with Gasteiger partial charge in [-0.05, 0) is 46.0 Å². The monoisotopic (exact) mass is 526 g/mol. The molecule has 9 nitrogen and oxygen atoms in total. The molecule has 1 saturated heterocycles. The van der Waals surface area contributed by atoms with Crippen LogP contribution in [0.5, 0.6) is 0 Å². The molecule has 1 rings (SSSR count). The topological polar surface area (TPSA) is 143 Å². The van der Waals surface area contributed by atoms with E-state index in [1.165, 1.54) is 6.66 Å². The van der Waals surface area contributed by atoms with E-state index < -0.39 is 61.5 Å². The normalized spacial score (nSPS) is 31.8. The van der Waals surface area contributed by atoms with Gasteiger partial charge in [0.15, 0.2) is 5.34 Å². The van der Waals surface area contributed by atoms with Gasteiger partial charge in [-0.1, -0.05) is 34.6 Å². The van der Waals surface area contributed by atoms with E-state index in [2.05, 4.69) is 0 Å². The van der Waals surface area contributed by atoms with Crippen molar-refractivity contribution in [3.63, 3.8) is 0 Å². The van der Waals surface area contributed by atoms with Crippen molar-refractivity contribution in [2.24, 2.45) is 0 Å². The number of rotatable bonds is 14. The van der Waals surface area contributed by atoms with E-state index in [1.807, 2.05) is 6.92 Å². The molecule has 1 aliphatic heterocycles. The molecular formula is C22H45BO9P2. The third kappa shape index (κ3) is 6.76. The van der Waals surface area contributed by atoms with Crippen LogP contribution in [0.2, 0.25) is 0 Å². The Hall–Kier alpha value is 0.245. The molecule has 0 bridgehead atoms. The summed E-state index contributed by atoms with van der Waals surface area (Å²) in [6.45, 7) is 13.5. The lowest BCUT2D eigenvalue weighted by Crippen LogP contribution is -2.45. The Bertz CT molecular complexity index is 765. The van der Waals surface area contributed by atoms with Gasteiger partial charge >= 0.3 is 7.60 Å². The zero-order valence-electron chi connectivity index (χ0n) is 21.9. The van der Waals surface area contributed by atoms with Crippen molar-refractivity contribution in [2.75, 3.05) is 6.66 Å². The lowest BCUT2D eigenvalue weighted by Gasteiger charge is -2.45. The molecule has 0 aromatic rings. The maximum atomic E-state index is 14.1. The van der Waals surface area contributed by atoms with Gasteiger partial charge in [0.05, 0.1) is 29.1 Å². The molecule has 0 spiro atoms. The molecule has 9 atom stereocenters. The van der Waals surface area contributed by atoms with Gasteiger partial charge in [-0.3, -0.25) is 13.7 Å². The average Bonchev–Trinajstić information content (AvgIpc) is 2.98. The van der Waals surface area contributed by atoms with Gasteiger partial charge in [-0.15, -0.1) is 0 Å². The first-order valence-corrected chi connectivity index (χ1v) is 15.9. The third-order valence-electron chi connectivity index (χ3n) is 7.53. The van der Waals surface area contributed by atoms with E-state index in [0.717, 1.165) is 0 Å². The van der Waals surface area contributed by atoms with Crippen molar-refractivity contribution < 1.29 is 43.1 Å². The molecule has 12 heteroatoms. The van der Waals surface area contributed by atoms with Crippen LogP contribution in [-0.4, -0.2) is 81.2 Å². The van der Waals surface area contributed by atoms with Crippen molar-refractivity contribution in [1.82, 2.24) is 0 Å². The Morgan fingerprint density at radius 1 is 0.971 bits per heavy atom. The van der Waals surface area contributed by atoms with E-state index in [0.29, 0.717) is 12.8 Å². The van der Waals surface area contributed by atoms with Crippen molar-refractivity contribution in [2.45, 2.75) is 134 Å². The summed E-state index contributed by atoms with van der Waals surface area (Å²) in [7, 11) is -2.33. The number of aliphatic hydroxyl groups is 3. The quantitative estimate of drug-likeness (QED) is 0.197. The second kappa shape index (κ2) is 11.7. The third-order valence-corrected chi connectivity index (χ3v) is 12.7. The van der Waals surface area contributed by atoms with Crippen LogP contribution < -0.4 is 0 Å². The van der Waals surface area contributed by atoms with Crippen molar-refractivity contribution in [1.29, 1.82) is 0 Å². The highest BCUT2D eigenvalue weighted by Gasteiger charge is 2.54. The summed E-state index contributed by atoms with van der Waals surface area (Å²) >= 11 is 0. The lowest BCUT2D eigenvalue weighted by molar-refractivity contribution is -0.0354. The van der Waals surface area contributed by atoms with Gasteiger partial charge in [-0.25, -0.2) is 0 Å². The number of hydrogen-bond acceptors (Lipinski definition) is 8. The fourth-order valence-corrected chi connectivity index (χ4v) is 9.73. The van der Waals surface area contributed by atoms with Crippen molar-refractivity contribution >= 4 is 22.8 Å². The van der Waals surface area contributed by atoms with Gasteiger partial charge < -0.3 is 29.5 Å². The molecule has 0 aromatic carbocycles. The number of hydrogen-bond donors (Lipinski definition) is 4. The number of aliphatic hydroxyl groups excluding tert-OH is 2. The molecule has 1 heterocycles. The first-order valence-electron chi connectivity index (χ1n) is 12.2. The minimum Gasteiger partial charge on any atom is -0.388 e. The highest BCUT2D eigenvalue weighted by atomic mass is 31.2. The van der Waals surface area contributed by atoms with Gasteiger partial charge in [0.2, 0.25) is 7.37 Å². The second-order valence-corrected chi connectivity index (χ2v) is 14.7. The predicted molar refractivity (Wildman–Crippen MR) is 134 cm³/mol. The Balaban J connectivity index is 3.24. The fourth-order valence-electron chi connectivity index (χ4n) is 4.76. The molecular weight excluding hydrogens is 481 g/mol. The summed E-state index contributed by atoms with van der Waals surface area (Å²) in [6.07, 6.45) is -2.02. The smallest absolute Gasteiger partial charge is 0.359 e. The average molecular weight is 526 g/mol. The van der Waals surface area contributed by atoms with Gasteiger partial charge in [-0.2, -0.15) is 0 Å². The minimum absolute atomic E-state index is 0.0275. The summed E-state index contributed by atoms with van der Waals surface area (Å²) in [5.41, 5.74) is -3.08. The molecule has 200 valence electrons. The molecule has 4 N–H and O–H groups in total. The van der Waals surface area contributed by atoms with E-state index in [1.54, 1.807) is 41.5 Å². The zero-order chi connectivity index (χ0) is 26.8. The summed E-state index contributed by atoms with van der Waals surface area (Å²) in [4.78, 5) is 10.7. The van der Waals surface area contributed by atoms with Crippen LogP contribution in [0, 0.1) is 0 Å². The molecule has 0 aromatic heterocycles. The molecule has 2 radical (unpaired) electrons. The molecule has 0 aliphatic carbocycles. The summed E-state index contributed by atoms with van der Waals surface area (Å²) in [5.74, 6) is 0. The molecule has 34 heavy (non-hydrogen) atoms. The number of ether oxygens (including phenoxy) is 1. The SMILES string of the molecule is [B][C@@H]1O[C@H](CC(C)(CC)OP(C)(=O)C(CC)C(C)(CC)OP(=O)(O)C(O)(CC)CC)[C@@H](O)[C@H]1O. The van der Waals surface area contributed by atoms with E-state index in [-0.39, 0.29) is 25.7 Å². The summed E-state index contributed by atoms with van der Waals surface area (Å²) in [5, 5.41) is 29.0. The van der Waals surface area contributed by atoms with Crippen molar-refractivity contribution in [3.8, 4) is 0 Å². The molecule has 5 unspecified atom stereocenters. The van der Waals surface area contributed by atoms with E-state index in [9.17, 15) is 29.3 Å². The Morgan fingerprint density at radius 3 is 1.85 bits per heavy atom. The zero-order valence-corrected chi connectivity index (χ0v) is 23.7. The van der Waals surface area contributed by atoms with Gasteiger partial charge in [0.1, 0.15) is 14.0 Å². The van der Waals surface area contributed by atoms with Crippen LogP contribution in [0.15, 0.2) is 0 Å². The molecule has 0 amide bonds. The maximum Gasteiger partial charge on any atom is 0.359 e. The molecule has 1 aliphatic rings. The standard InChI is InChI=1S/C22H45BO9P2/c1-9-16(21(7,11-3)32-34(28,29)22(26,12-4)13-5)33(8,27)31-20(6,10-2)14-15-17(24)18(25)19(23)30-15/h15-19,24-26H,9-14H2,1-8H3,(H,28,29)/t15-,16?,17-,18-,19-,20?,21?,33?/m1/s1. The van der Waals surface area contributed by atoms with Gasteiger partial charge in [0.25, 0.3) is 0 Å². The van der Waals surface area contributed by atoms with Crippen LogP contribution >= 0.6 is 15.0 Å². The van der Waals surface area contributed by atoms with Crippen LogP contribution in [0.1, 0.15) is 87.0 Å². The summed E-state index contributed by atoms with van der Waals surface area (Å²) in [6, 6.07) is -1.02. The van der Waals surface area contributed by atoms with Gasteiger partial charge in [0, 0.05) is 19.1 Å². The maximum absolute atomic E-state index is 14.1. The Kier molecular flexibility index (Phi) is 11.2. The fraction of sp³-hybridized carbons (Fsp3) is 1.00. The van der Waals surface area contributed by atoms with Crippen LogP contribution in [0.3, 0.4) is 0 Å². The Morgan fingerprint density at radius 2 is 1.50 bits per heavy atom. The molecule has 0 saturated carbocycles. The second-order valence-electron chi connectivity index (χ2n) is 10.0. The highest BCUT2D eigenvalue weighted by Crippen LogP contribution is 2.65. The first kappa shape index (κ1) is 32.3. The predicted octanol–water partition coefficient (Wildman–Crippen LogP) is 3.74. The highest BCUT2D eigenvalue weighted by molar-refractivity contribution is 7.59. The first-order chi connectivity index (χ1) is 15.4. The van der Waals surface area contributed by atoms with Crippen LogP contribution in [0.4, 0.5) is 0 Å². The van der Waals surface area contributed by atoms with E-state index >= 15 is 0 Å². The minimum atomic E-state index is -4.51. The van der Waals surface area contributed by atoms with Crippen molar-refractivity contribution in [3.05, 3.63) is 0 Å². The Labute approximate surface area is 206 Å². The molecule has 1 fully saturated rings.